The van der Waals surface area contributed by atoms with Crippen LogP contribution in [0.3, 0.4) is 0 Å². The van der Waals surface area contributed by atoms with Crippen molar-refractivity contribution in [2.45, 2.75) is 0 Å². The average Bonchev–Trinajstić information content (AvgIpc) is 0.857. The molecule has 0 aliphatic rings. The van der Waals surface area contributed by atoms with Crippen LogP contribution >= 0.6 is 22.7 Å². The summed E-state index contributed by atoms with van der Waals surface area (Å²) in [6.45, 7) is 0. The van der Waals surface area contributed by atoms with E-state index in [0.29, 0.717) is 11.1 Å². The number of nitriles is 2. The number of nitrogens with zero attached hydrogens (tertiary/aromatic N) is 5. The van der Waals surface area contributed by atoms with E-state index in [1.807, 2.05) is 42.6 Å². The van der Waals surface area contributed by atoms with E-state index in [9.17, 15) is 10.5 Å². The first-order valence-corrected chi connectivity index (χ1v) is 31.6. The highest BCUT2D eigenvalue weighted by Crippen LogP contribution is 2.48. The smallest absolute Gasteiger partial charge is 0.0992 e. The molecule has 0 saturated carbocycles. The molecule has 0 unspecified atom stereocenters. The van der Waals surface area contributed by atoms with E-state index in [4.69, 9.17) is 15.0 Å². The standard InChI is InChI=1S/C83H45N5S2/c84-46-48-28-31-80-70(36-48)71-39-51(29-32-81(71)89-80)62-42-64-59-21-9-11-23-61(59)69(45-67(64)56-18-6-4-16-54(56)62)78-27-13-25-76(88-78)53-34-35-86-79(41-53)74-38-49(47-85)37-73-72-40-52(30-33-82(72)90-83(73)74)63-43-65-58-20-8-10-22-60(58)68(44-66(65)57-19-7-5-17-55(57)63)77-26-12-24-75(87-77)50-14-2-1-3-15-50/h1-45H. The number of aromatic nitrogens is 3. The van der Waals surface area contributed by atoms with Gasteiger partial charge in [-0.25, -0.2) is 9.97 Å². The van der Waals surface area contributed by atoms with Gasteiger partial charge in [0, 0.05) is 74.4 Å². The molecule has 0 N–H and O–H groups in total. The molecule has 0 atom stereocenters. The molecule has 0 bridgehead atoms. The lowest BCUT2D eigenvalue weighted by atomic mass is 9.88. The fraction of sp³-hybridized carbons (Fsp3) is 0. The average molecular weight is 1180 g/mol. The van der Waals surface area contributed by atoms with E-state index in [0.717, 1.165) is 125 Å². The second kappa shape index (κ2) is 20.5. The lowest BCUT2D eigenvalue weighted by Crippen LogP contribution is -1.93. The minimum atomic E-state index is 0.576. The Morgan fingerprint density at radius 3 is 1.22 bits per heavy atom. The molecular formula is C83H45N5S2. The minimum Gasteiger partial charge on any atom is -0.256 e. The monoisotopic (exact) mass is 1180 g/mol. The molecule has 7 heteroatoms. The van der Waals surface area contributed by atoms with Gasteiger partial charge in [-0.15, -0.1) is 22.7 Å². The van der Waals surface area contributed by atoms with E-state index < -0.39 is 0 Å². The Morgan fingerprint density at radius 2 is 0.678 bits per heavy atom. The van der Waals surface area contributed by atoms with Crippen LogP contribution in [0, 0.1) is 22.7 Å². The summed E-state index contributed by atoms with van der Waals surface area (Å²) in [6.07, 6.45) is 1.86. The lowest BCUT2D eigenvalue weighted by molar-refractivity contribution is 1.29. The third kappa shape index (κ3) is 8.23. The quantitative estimate of drug-likeness (QED) is 0.148. The molecule has 0 saturated heterocycles. The highest BCUT2D eigenvalue weighted by molar-refractivity contribution is 7.26. The van der Waals surface area contributed by atoms with Gasteiger partial charge in [0.2, 0.25) is 0 Å². The third-order valence-electron chi connectivity index (χ3n) is 18.1. The zero-order chi connectivity index (χ0) is 59.6. The molecule has 5 aromatic heterocycles. The Balaban J connectivity index is 0.731. The van der Waals surface area contributed by atoms with Crippen molar-refractivity contribution in [3.05, 3.63) is 284 Å². The summed E-state index contributed by atoms with van der Waals surface area (Å²) < 4.78 is 4.59. The first-order chi connectivity index (χ1) is 44.5. The minimum absolute atomic E-state index is 0.576. The van der Waals surface area contributed by atoms with Crippen molar-refractivity contribution in [3.63, 3.8) is 0 Å². The Hall–Kier alpha value is -11.7. The lowest BCUT2D eigenvalue weighted by Gasteiger charge is -2.16. The SMILES string of the molecule is N#Cc1ccc2sc3ccc(-c4cc5c6ccccc6c(-c6cccc(-c7ccnc(-c8cc(C#N)cc9c8sc8ccc(-c%10cc%11c%12ccccc%12c(-c%12cccc(-c%13ccccc%13)n%12)cc%11c%11ccccc%10%11)cc89)c7)n6)cc5c5ccccc45)cc3c2c1. The summed E-state index contributed by atoms with van der Waals surface area (Å²) in [5.41, 5.74) is 15.2. The maximum Gasteiger partial charge on any atom is 0.0992 e. The van der Waals surface area contributed by atoms with Gasteiger partial charge >= 0.3 is 0 Å². The molecule has 18 rings (SSSR count). The highest BCUT2D eigenvalue weighted by Gasteiger charge is 2.21. The first kappa shape index (κ1) is 51.5. The predicted molar refractivity (Wildman–Crippen MR) is 378 cm³/mol. The van der Waals surface area contributed by atoms with Gasteiger partial charge in [0.05, 0.1) is 51.7 Å². The molecule has 0 aliphatic heterocycles. The number of pyridine rings is 3. The molecule has 5 heterocycles. The molecule has 0 spiro atoms. The van der Waals surface area contributed by atoms with Crippen LogP contribution in [0.5, 0.6) is 0 Å². The van der Waals surface area contributed by atoms with E-state index in [1.54, 1.807) is 22.7 Å². The van der Waals surface area contributed by atoms with Gasteiger partial charge in [-0.05, 0) is 202 Å². The second-order valence-electron chi connectivity index (χ2n) is 23.1. The van der Waals surface area contributed by atoms with Crippen LogP contribution in [0.15, 0.2) is 273 Å². The van der Waals surface area contributed by atoms with Crippen molar-refractivity contribution in [3.8, 4) is 90.7 Å². The van der Waals surface area contributed by atoms with Gasteiger partial charge in [0.1, 0.15) is 0 Å². The van der Waals surface area contributed by atoms with Gasteiger partial charge in [0.15, 0.2) is 0 Å². The van der Waals surface area contributed by atoms with E-state index >= 15 is 0 Å². The maximum atomic E-state index is 10.7. The van der Waals surface area contributed by atoms with E-state index in [-0.39, 0.29) is 0 Å². The maximum absolute atomic E-state index is 10.7. The molecule has 0 radical (unpaired) electrons. The Morgan fingerprint density at radius 1 is 0.244 bits per heavy atom. The molecule has 414 valence electrons. The summed E-state index contributed by atoms with van der Waals surface area (Å²) in [4.78, 5) is 15.7. The van der Waals surface area contributed by atoms with Gasteiger partial charge in [0.25, 0.3) is 0 Å². The number of thiophene rings is 2. The largest absolute Gasteiger partial charge is 0.256 e. The van der Waals surface area contributed by atoms with Crippen LogP contribution in [0.25, 0.3) is 184 Å². The molecule has 5 nitrogen and oxygen atoms in total. The first-order valence-electron chi connectivity index (χ1n) is 30.0. The second-order valence-corrected chi connectivity index (χ2v) is 25.3. The zero-order valence-electron chi connectivity index (χ0n) is 48.0. The van der Waals surface area contributed by atoms with Crippen molar-refractivity contribution in [1.29, 1.82) is 10.5 Å². The van der Waals surface area contributed by atoms with Gasteiger partial charge < -0.3 is 0 Å². The molecular weight excluding hydrogens is 1130 g/mol. The summed E-state index contributed by atoms with van der Waals surface area (Å²) in [5.74, 6) is 0. The summed E-state index contributed by atoms with van der Waals surface area (Å²) in [5, 5.41) is 38.9. The number of hydrogen-bond acceptors (Lipinski definition) is 7. The molecule has 0 amide bonds. The number of rotatable bonds is 7. The Labute approximate surface area is 524 Å². The van der Waals surface area contributed by atoms with Crippen LogP contribution < -0.4 is 0 Å². The summed E-state index contributed by atoms with van der Waals surface area (Å²) in [7, 11) is 0. The summed E-state index contributed by atoms with van der Waals surface area (Å²) >= 11 is 3.50. The van der Waals surface area contributed by atoms with Crippen molar-refractivity contribution < 1.29 is 0 Å². The number of benzene rings is 13. The molecule has 18 aromatic rings. The Kier molecular flexibility index (Phi) is 11.7. The molecule has 90 heavy (non-hydrogen) atoms. The van der Waals surface area contributed by atoms with Crippen molar-refractivity contribution in [2.75, 3.05) is 0 Å². The van der Waals surface area contributed by atoms with Gasteiger partial charge in [-0.3, -0.25) is 4.98 Å². The van der Waals surface area contributed by atoms with Crippen LogP contribution in [0.1, 0.15) is 11.1 Å². The van der Waals surface area contributed by atoms with E-state index in [2.05, 4.69) is 243 Å². The highest BCUT2D eigenvalue weighted by atomic mass is 32.1. The van der Waals surface area contributed by atoms with Crippen molar-refractivity contribution >= 4 is 128 Å². The molecule has 0 fully saturated rings. The fourth-order valence-corrected chi connectivity index (χ4v) is 16.2. The van der Waals surface area contributed by atoms with Crippen LogP contribution in [-0.2, 0) is 0 Å². The number of fused-ring (bicyclic) bond motifs is 16. The number of hydrogen-bond donors (Lipinski definition) is 0. The van der Waals surface area contributed by atoms with Crippen molar-refractivity contribution in [2.24, 2.45) is 0 Å². The van der Waals surface area contributed by atoms with Crippen LogP contribution in [0.4, 0.5) is 0 Å². The van der Waals surface area contributed by atoms with Gasteiger partial charge in [-0.1, -0.05) is 152 Å². The van der Waals surface area contributed by atoms with Crippen LogP contribution in [0.2, 0.25) is 0 Å². The zero-order valence-corrected chi connectivity index (χ0v) is 49.7. The summed E-state index contributed by atoms with van der Waals surface area (Å²) in [6, 6.07) is 99.9. The van der Waals surface area contributed by atoms with Gasteiger partial charge in [-0.2, -0.15) is 10.5 Å². The third-order valence-corrected chi connectivity index (χ3v) is 20.5. The van der Waals surface area contributed by atoms with Crippen molar-refractivity contribution in [1.82, 2.24) is 15.0 Å². The Bertz CT molecular complexity index is 6200. The topological polar surface area (TPSA) is 86.2 Å². The molecule has 13 aromatic carbocycles. The van der Waals surface area contributed by atoms with Crippen LogP contribution in [-0.4, -0.2) is 15.0 Å². The normalized spacial score (nSPS) is 11.8. The predicted octanol–water partition coefficient (Wildman–Crippen LogP) is 22.9. The fourth-order valence-electron chi connectivity index (χ4n) is 14.0. The molecule has 0 aliphatic carbocycles. The van der Waals surface area contributed by atoms with E-state index in [1.165, 1.54) is 58.1 Å².